The predicted molar refractivity (Wildman–Crippen MR) is 244 cm³/mol. The van der Waals surface area contributed by atoms with Crippen LogP contribution in [0.4, 0.5) is 0 Å². The first-order chi connectivity index (χ1) is 28.4. The third-order valence-electron chi connectivity index (χ3n) is 12.6. The van der Waals surface area contributed by atoms with Crippen molar-refractivity contribution in [1.82, 2.24) is 4.90 Å². The summed E-state index contributed by atoms with van der Waals surface area (Å²) in [6, 6.07) is 0. The number of likely N-dealkylation sites (tertiary alicyclic amines) is 1. The molecule has 0 unspecified atom stereocenters. The average Bonchev–Trinajstić information content (AvgIpc) is 3.73. The molecule has 0 aliphatic carbocycles. The van der Waals surface area contributed by atoms with Crippen LogP contribution in [0.2, 0.25) is 0 Å². The van der Waals surface area contributed by atoms with Crippen molar-refractivity contribution in [1.29, 1.82) is 0 Å². The van der Waals surface area contributed by atoms with E-state index in [0.29, 0.717) is 44.3 Å². The Balaban J connectivity index is 2.30. The zero-order valence-electron chi connectivity index (χ0n) is 39.1. The molecule has 1 heterocycles. The van der Waals surface area contributed by atoms with E-state index in [2.05, 4.69) is 32.6 Å². The molecular weight excluding hydrogens is 723 g/mol. The van der Waals surface area contributed by atoms with Gasteiger partial charge in [0.15, 0.2) is 0 Å². The van der Waals surface area contributed by atoms with Gasteiger partial charge in [0.25, 0.3) is 0 Å². The van der Waals surface area contributed by atoms with Crippen LogP contribution in [-0.2, 0) is 28.6 Å². The maximum Gasteiger partial charge on any atom is 0.306 e. The Morgan fingerprint density at radius 2 is 0.776 bits per heavy atom. The van der Waals surface area contributed by atoms with E-state index in [1.165, 1.54) is 116 Å². The van der Waals surface area contributed by atoms with E-state index in [0.717, 1.165) is 116 Å². The van der Waals surface area contributed by atoms with Gasteiger partial charge in [0.05, 0.1) is 13.2 Å². The summed E-state index contributed by atoms with van der Waals surface area (Å²) in [5.41, 5.74) is 0. The summed E-state index contributed by atoms with van der Waals surface area (Å²) in [6.45, 7) is 13.5. The van der Waals surface area contributed by atoms with Crippen molar-refractivity contribution in [2.24, 2.45) is 11.8 Å². The highest BCUT2D eigenvalue weighted by atomic mass is 16.5. The lowest BCUT2D eigenvalue weighted by Crippen LogP contribution is -2.23. The molecule has 7 nitrogen and oxygen atoms in total. The standard InChI is InChI=1S/C51H97NO6/c1-5-9-19-30-46(31-20-10-6-2)39-44-56-49(53)36-25-17-13-15-23-34-48(58-51(55)38-29-43-52-41-27-28-42-52)35-24-16-14-18-26-37-50(54)57-45-40-47(32-21-11-7-3)33-22-12-8-4/h46-48H,5-45H2,1-4H3. The minimum atomic E-state index is -0.0392. The van der Waals surface area contributed by atoms with Crippen molar-refractivity contribution >= 4 is 17.9 Å². The van der Waals surface area contributed by atoms with Crippen LogP contribution in [0.25, 0.3) is 0 Å². The fourth-order valence-electron chi connectivity index (χ4n) is 8.72. The molecule has 7 heteroatoms. The molecule has 0 saturated carbocycles. The van der Waals surface area contributed by atoms with Gasteiger partial charge in [-0.2, -0.15) is 0 Å². The van der Waals surface area contributed by atoms with Crippen molar-refractivity contribution in [2.75, 3.05) is 32.8 Å². The van der Waals surface area contributed by atoms with E-state index < -0.39 is 0 Å². The van der Waals surface area contributed by atoms with Gasteiger partial charge in [-0.15, -0.1) is 0 Å². The van der Waals surface area contributed by atoms with Gasteiger partial charge in [-0.25, -0.2) is 0 Å². The Bertz CT molecular complexity index is 860. The van der Waals surface area contributed by atoms with Crippen LogP contribution in [0.5, 0.6) is 0 Å². The molecule has 1 rings (SSSR count). The van der Waals surface area contributed by atoms with Crippen LogP contribution in [0.3, 0.4) is 0 Å². The molecule has 0 aromatic rings. The van der Waals surface area contributed by atoms with Crippen molar-refractivity contribution in [2.45, 2.75) is 265 Å². The summed E-state index contributed by atoms with van der Waals surface area (Å²) in [5.74, 6) is 1.28. The van der Waals surface area contributed by atoms with Crippen LogP contribution in [0.1, 0.15) is 259 Å². The second-order valence-corrected chi connectivity index (χ2v) is 18.1. The number of hydrogen-bond acceptors (Lipinski definition) is 7. The SMILES string of the molecule is CCCCCC(CCCCC)CCOC(=O)CCCCCCCC(CCCCCCCC(=O)OCCC(CCCCC)CCCCC)OC(=O)CCCN1CCCC1. The Kier molecular flexibility index (Phi) is 38.2. The van der Waals surface area contributed by atoms with Crippen LogP contribution in [-0.4, -0.2) is 61.8 Å². The third kappa shape index (κ3) is 34.1. The molecule has 0 amide bonds. The summed E-state index contributed by atoms with van der Waals surface area (Å²) in [4.78, 5) is 40.1. The van der Waals surface area contributed by atoms with Gasteiger partial charge in [0.1, 0.15) is 6.10 Å². The molecule has 342 valence electrons. The fraction of sp³-hybridized carbons (Fsp3) is 0.941. The first-order valence-corrected chi connectivity index (χ1v) is 25.6. The summed E-state index contributed by atoms with van der Waals surface area (Å²) in [6.07, 6.45) is 39.7. The van der Waals surface area contributed by atoms with E-state index in [-0.39, 0.29) is 24.0 Å². The Labute approximate surface area is 360 Å². The molecule has 0 aromatic heterocycles. The largest absolute Gasteiger partial charge is 0.466 e. The molecule has 0 N–H and O–H groups in total. The molecule has 0 radical (unpaired) electrons. The van der Waals surface area contributed by atoms with Crippen molar-refractivity contribution < 1.29 is 28.6 Å². The number of carbonyl (C=O) groups is 3. The number of unbranched alkanes of at least 4 members (excludes halogenated alkanes) is 16. The first-order valence-electron chi connectivity index (χ1n) is 25.6. The topological polar surface area (TPSA) is 82.1 Å². The number of ether oxygens (including phenoxy) is 3. The summed E-state index contributed by atoms with van der Waals surface area (Å²) >= 11 is 0. The number of rotatable bonds is 43. The quantitative estimate of drug-likeness (QED) is 0.0344. The number of carbonyl (C=O) groups excluding carboxylic acids is 3. The molecule has 58 heavy (non-hydrogen) atoms. The van der Waals surface area contributed by atoms with Gasteiger partial charge in [0.2, 0.25) is 0 Å². The molecule has 1 aliphatic rings. The molecular formula is C51H97NO6. The van der Waals surface area contributed by atoms with Gasteiger partial charge >= 0.3 is 17.9 Å². The van der Waals surface area contributed by atoms with E-state index >= 15 is 0 Å². The van der Waals surface area contributed by atoms with E-state index in [9.17, 15) is 14.4 Å². The summed E-state index contributed by atoms with van der Waals surface area (Å²) < 4.78 is 17.4. The Hall–Kier alpha value is -1.63. The van der Waals surface area contributed by atoms with Crippen molar-refractivity contribution in [3.05, 3.63) is 0 Å². The molecule has 0 aromatic carbocycles. The van der Waals surface area contributed by atoms with E-state index in [4.69, 9.17) is 14.2 Å². The summed E-state index contributed by atoms with van der Waals surface area (Å²) in [5, 5.41) is 0. The lowest BCUT2D eigenvalue weighted by molar-refractivity contribution is -0.150. The Morgan fingerprint density at radius 1 is 0.414 bits per heavy atom. The van der Waals surface area contributed by atoms with Crippen LogP contribution < -0.4 is 0 Å². The van der Waals surface area contributed by atoms with E-state index in [1.54, 1.807) is 0 Å². The zero-order chi connectivity index (χ0) is 42.2. The fourth-order valence-corrected chi connectivity index (χ4v) is 8.72. The summed E-state index contributed by atoms with van der Waals surface area (Å²) in [7, 11) is 0. The molecule has 1 saturated heterocycles. The highest BCUT2D eigenvalue weighted by Crippen LogP contribution is 2.23. The first kappa shape index (κ1) is 54.4. The van der Waals surface area contributed by atoms with Gasteiger partial charge in [-0.05, 0) is 102 Å². The van der Waals surface area contributed by atoms with Crippen molar-refractivity contribution in [3.63, 3.8) is 0 Å². The van der Waals surface area contributed by atoms with Crippen LogP contribution in [0.15, 0.2) is 0 Å². The van der Waals surface area contributed by atoms with Gasteiger partial charge in [0, 0.05) is 19.3 Å². The predicted octanol–water partition coefficient (Wildman–Crippen LogP) is 14.7. The smallest absolute Gasteiger partial charge is 0.306 e. The average molecular weight is 820 g/mol. The third-order valence-corrected chi connectivity index (χ3v) is 12.6. The van der Waals surface area contributed by atoms with Crippen LogP contribution in [0, 0.1) is 11.8 Å². The van der Waals surface area contributed by atoms with E-state index in [1.807, 2.05) is 0 Å². The lowest BCUT2D eigenvalue weighted by atomic mass is 9.92. The highest BCUT2D eigenvalue weighted by molar-refractivity contribution is 5.70. The van der Waals surface area contributed by atoms with Crippen LogP contribution >= 0.6 is 0 Å². The molecule has 1 fully saturated rings. The number of hydrogen-bond donors (Lipinski definition) is 0. The maximum absolute atomic E-state index is 12.8. The minimum absolute atomic E-state index is 0.00946. The monoisotopic (exact) mass is 820 g/mol. The number of nitrogens with zero attached hydrogens (tertiary/aromatic N) is 1. The minimum Gasteiger partial charge on any atom is -0.466 e. The molecule has 0 spiro atoms. The van der Waals surface area contributed by atoms with Gasteiger partial charge < -0.3 is 19.1 Å². The molecule has 0 bridgehead atoms. The van der Waals surface area contributed by atoms with Crippen molar-refractivity contribution in [3.8, 4) is 0 Å². The highest BCUT2D eigenvalue weighted by Gasteiger charge is 2.17. The second kappa shape index (κ2) is 40.8. The van der Waals surface area contributed by atoms with Gasteiger partial charge in [-0.1, -0.05) is 169 Å². The lowest BCUT2D eigenvalue weighted by Gasteiger charge is -2.19. The maximum atomic E-state index is 12.8. The normalized spacial score (nSPS) is 13.3. The molecule has 0 atom stereocenters. The Morgan fingerprint density at radius 3 is 1.19 bits per heavy atom. The zero-order valence-corrected chi connectivity index (χ0v) is 39.1. The molecule has 1 aliphatic heterocycles. The number of esters is 3. The van der Waals surface area contributed by atoms with Gasteiger partial charge in [-0.3, -0.25) is 14.4 Å². The second-order valence-electron chi connectivity index (χ2n) is 18.1.